The molecule has 0 saturated carbocycles. The minimum atomic E-state index is 0.210. The summed E-state index contributed by atoms with van der Waals surface area (Å²) < 4.78 is 7.65. The summed E-state index contributed by atoms with van der Waals surface area (Å²) in [5.74, 6) is 1.06. The molecule has 0 unspecified atom stereocenters. The van der Waals surface area contributed by atoms with Crippen LogP contribution >= 0.6 is 0 Å². The smallest absolute Gasteiger partial charge is 0.109 e. The van der Waals surface area contributed by atoms with Crippen molar-refractivity contribution in [2.75, 3.05) is 19.8 Å². The molecular formula is C15H22N2O2. The number of aliphatic hydroxyl groups is 1. The zero-order chi connectivity index (χ0) is 13.5. The lowest BCUT2D eigenvalue weighted by molar-refractivity contribution is 0.141. The molecular weight excluding hydrogens is 240 g/mol. The van der Waals surface area contributed by atoms with E-state index in [-0.39, 0.29) is 6.61 Å². The first-order valence-corrected chi connectivity index (χ1v) is 6.99. The topological polar surface area (TPSA) is 47.3 Å². The number of hydrogen-bond donors (Lipinski definition) is 1. The number of ether oxygens (including phenoxy) is 1. The van der Waals surface area contributed by atoms with Gasteiger partial charge in [-0.1, -0.05) is 12.1 Å². The highest BCUT2D eigenvalue weighted by Crippen LogP contribution is 2.17. The summed E-state index contributed by atoms with van der Waals surface area (Å²) in [6, 6.07) is 8.19. The van der Waals surface area contributed by atoms with Crippen LogP contribution in [0.5, 0.6) is 0 Å². The molecule has 0 aliphatic heterocycles. The Hall–Kier alpha value is -1.39. The minimum Gasteiger partial charge on any atom is -0.396 e. The van der Waals surface area contributed by atoms with Crippen molar-refractivity contribution >= 4 is 11.0 Å². The summed E-state index contributed by atoms with van der Waals surface area (Å²) in [5.41, 5.74) is 2.21. The molecule has 0 spiro atoms. The molecule has 4 heteroatoms. The maximum atomic E-state index is 8.98. The zero-order valence-corrected chi connectivity index (χ0v) is 11.5. The Morgan fingerprint density at radius 3 is 2.89 bits per heavy atom. The quantitative estimate of drug-likeness (QED) is 0.743. The number of aryl methyl sites for hydroxylation is 2. The van der Waals surface area contributed by atoms with Crippen LogP contribution in [0.15, 0.2) is 24.3 Å². The standard InChI is InChI=1S/C15H22N2O2/c1-2-19-12-6-10-17-14-8-4-3-7-13(14)16-15(17)9-5-11-18/h3-4,7-8,18H,2,5-6,9-12H2,1H3. The van der Waals surface area contributed by atoms with Gasteiger partial charge < -0.3 is 14.4 Å². The van der Waals surface area contributed by atoms with E-state index in [9.17, 15) is 0 Å². The van der Waals surface area contributed by atoms with E-state index in [1.807, 2.05) is 25.1 Å². The lowest BCUT2D eigenvalue weighted by Crippen LogP contribution is -2.07. The maximum Gasteiger partial charge on any atom is 0.109 e. The van der Waals surface area contributed by atoms with Gasteiger partial charge in [0.25, 0.3) is 0 Å². The van der Waals surface area contributed by atoms with Crippen LogP contribution < -0.4 is 0 Å². The molecule has 1 aromatic carbocycles. The third kappa shape index (κ3) is 3.55. The van der Waals surface area contributed by atoms with Crippen molar-refractivity contribution in [1.29, 1.82) is 0 Å². The van der Waals surface area contributed by atoms with Crippen molar-refractivity contribution in [1.82, 2.24) is 9.55 Å². The summed E-state index contributed by atoms with van der Waals surface area (Å²) in [6.07, 6.45) is 2.56. The van der Waals surface area contributed by atoms with E-state index in [1.54, 1.807) is 0 Å². The van der Waals surface area contributed by atoms with Crippen LogP contribution in [0.4, 0.5) is 0 Å². The molecule has 0 atom stereocenters. The van der Waals surface area contributed by atoms with Gasteiger partial charge in [0.05, 0.1) is 11.0 Å². The Morgan fingerprint density at radius 1 is 1.26 bits per heavy atom. The third-order valence-corrected chi connectivity index (χ3v) is 3.17. The first-order chi connectivity index (χ1) is 9.36. The Morgan fingerprint density at radius 2 is 2.11 bits per heavy atom. The lowest BCUT2D eigenvalue weighted by Gasteiger charge is -2.09. The molecule has 0 amide bonds. The Balaban J connectivity index is 2.16. The molecule has 104 valence electrons. The predicted molar refractivity (Wildman–Crippen MR) is 76.2 cm³/mol. The summed E-state index contributed by atoms with van der Waals surface area (Å²) in [7, 11) is 0. The lowest BCUT2D eigenvalue weighted by atomic mass is 10.3. The molecule has 2 aromatic rings. The van der Waals surface area contributed by atoms with Gasteiger partial charge in [-0.3, -0.25) is 0 Å². The minimum absolute atomic E-state index is 0.210. The molecule has 4 nitrogen and oxygen atoms in total. The monoisotopic (exact) mass is 262 g/mol. The van der Waals surface area contributed by atoms with Gasteiger partial charge in [0, 0.05) is 32.8 Å². The molecule has 1 aromatic heterocycles. The Bertz CT molecular complexity index is 508. The van der Waals surface area contributed by atoms with Crippen LogP contribution in [0.3, 0.4) is 0 Å². The molecule has 0 fully saturated rings. The van der Waals surface area contributed by atoms with Crippen molar-refractivity contribution in [2.24, 2.45) is 0 Å². The first-order valence-electron chi connectivity index (χ1n) is 6.99. The fraction of sp³-hybridized carbons (Fsp3) is 0.533. The van der Waals surface area contributed by atoms with E-state index < -0.39 is 0 Å². The number of imidazole rings is 1. The molecule has 2 rings (SSSR count). The number of nitrogens with zero attached hydrogens (tertiary/aromatic N) is 2. The predicted octanol–water partition coefficient (Wildman–Crippen LogP) is 2.39. The molecule has 1 N–H and O–H groups in total. The fourth-order valence-electron chi connectivity index (χ4n) is 2.27. The second-order valence-corrected chi connectivity index (χ2v) is 4.55. The van der Waals surface area contributed by atoms with E-state index in [2.05, 4.69) is 15.6 Å². The molecule has 19 heavy (non-hydrogen) atoms. The number of fused-ring (bicyclic) bond motifs is 1. The van der Waals surface area contributed by atoms with Gasteiger partial charge in [0.2, 0.25) is 0 Å². The average Bonchev–Trinajstić information content (AvgIpc) is 2.79. The van der Waals surface area contributed by atoms with Crippen molar-refractivity contribution < 1.29 is 9.84 Å². The maximum absolute atomic E-state index is 8.98. The number of aliphatic hydroxyl groups excluding tert-OH is 1. The van der Waals surface area contributed by atoms with Crippen LogP contribution in [-0.2, 0) is 17.7 Å². The second-order valence-electron chi connectivity index (χ2n) is 4.55. The third-order valence-electron chi connectivity index (χ3n) is 3.17. The van der Waals surface area contributed by atoms with E-state index in [4.69, 9.17) is 9.84 Å². The molecule has 0 bridgehead atoms. The average molecular weight is 262 g/mol. The van der Waals surface area contributed by atoms with E-state index in [0.717, 1.165) is 50.4 Å². The Labute approximate surface area is 114 Å². The number of rotatable bonds is 8. The number of benzene rings is 1. The molecule has 0 radical (unpaired) electrons. The molecule has 0 aliphatic carbocycles. The van der Waals surface area contributed by atoms with E-state index >= 15 is 0 Å². The van der Waals surface area contributed by atoms with Crippen LogP contribution in [0.25, 0.3) is 11.0 Å². The number of aromatic nitrogens is 2. The van der Waals surface area contributed by atoms with Crippen molar-refractivity contribution in [2.45, 2.75) is 32.7 Å². The van der Waals surface area contributed by atoms with Gasteiger partial charge in [-0.15, -0.1) is 0 Å². The fourth-order valence-corrected chi connectivity index (χ4v) is 2.27. The van der Waals surface area contributed by atoms with Crippen molar-refractivity contribution in [3.8, 4) is 0 Å². The van der Waals surface area contributed by atoms with Gasteiger partial charge in [0.1, 0.15) is 5.82 Å². The number of hydrogen-bond acceptors (Lipinski definition) is 3. The molecule has 1 heterocycles. The van der Waals surface area contributed by atoms with Crippen LogP contribution in [-0.4, -0.2) is 34.5 Å². The van der Waals surface area contributed by atoms with E-state index in [1.165, 1.54) is 5.52 Å². The normalized spacial score (nSPS) is 11.3. The molecule has 0 aliphatic rings. The summed E-state index contributed by atoms with van der Waals surface area (Å²) in [5, 5.41) is 8.98. The van der Waals surface area contributed by atoms with Gasteiger partial charge in [-0.2, -0.15) is 0 Å². The van der Waals surface area contributed by atoms with Crippen LogP contribution in [0.2, 0.25) is 0 Å². The summed E-state index contributed by atoms with van der Waals surface area (Å²) >= 11 is 0. The zero-order valence-electron chi connectivity index (χ0n) is 11.5. The van der Waals surface area contributed by atoms with Crippen LogP contribution in [0, 0.1) is 0 Å². The first kappa shape index (κ1) is 14.0. The largest absolute Gasteiger partial charge is 0.396 e. The highest BCUT2D eigenvalue weighted by Gasteiger charge is 2.09. The summed E-state index contributed by atoms with van der Waals surface area (Å²) in [4.78, 5) is 4.66. The highest BCUT2D eigenvalue weighted by atomic mass is 16.5. The van der Waals surface area contributed by atoms with Gasteiger partial charge in [-0.25, -0.2) is 4.98 Å². The summed E-state index contributed by atoms with van der Waals surface area (Å²) in [6.45, 7) is 4.69. The second kappa shape index (κ2) is 7.26. The SMILES string of the molecule is CCOCCCn1c(CCCO)nc2ccccc21. The number of para-hydroxylation sites is 2. The van der Waals surface area contributed by atoms with Gasteiger partial charge in [-0.05, 0) is 31.9 Å². The van der Waals surface area contributed by atoms with Crippen LogP contribution in [0.1, 0.15) is 25.6 Å². The van der Waals surface area contributed by atoms with Gasteiger partial charge in [0.15, 0.2) is 0 Å². The Kier molecular flexibility index (Phi) is 5.36. The van der Waals surface area contributed by atoms with Gasteiger partial charge >= 0.3 is 0 Å². The van der Waals surface area contributed by atoms with Crippen molar-refractivity contribution in [3.05, 3.63) is 30.1 Å². The van der Waals surface area contributed by atoms with Crippen molar-refractivity contribution in [3.63, 3.8) is 0 Å². The molecule has 0 saturated heterocycles. The van der Waals surface area contributed by atoms with E-state index in [0.29, 0.717) is 0 Å². The highest BCUT2D eigenvalue weighted by molar-refractivity contribution is 5.75.